The standard InChI is InChI=1S/C3H2N2O2/c6-3-1-2-7-5-4-3/h1-2H. The van der Waals surface area contributed by atoms with Crippen LogP contribution in [0.2, 0.25) is 0 Å². The van der Waals surface area contributed by atoms with Crippen molar-refractivity contribution in [3.8, 4) is 0 Å². The third-order valence-electron chi connectivity index (χ3n) is 0.458. The van der Waals surface area contributed by atoms with Gasteiger partial charge >= 0.3 is 0 Å². The van der Waals surface area contributed by atoms with E-state index >= 15 is 0 Å². The first-order valence-corrected chi connectivity index (χ1v) is 1.67. The minimum atomic E-state index is -0.383. The van der Waals surface area contributed by atoms with Gasteiger partial charge in [-0.3, -0.25) is 4.79 Å². The van der Waals surface area contributed by atoms with Gasteiger partial charge in [0.05, 0.1) is 0 Å². The lowest BCUT2D eigenvalue weighted by Gasteiger charge is -1.69. The molecule has 0 amide bonds. The Morgan fingerprint density at radius 2 is 2.57 bits per heavy atom. The Morgan fingerprint density at radius 3 is 2.86 bits per heavy atom. The molecule has 0 spiro atoms. The Labute approximate surface area is 38.8 Å². The zero-order valence-electron chi connectivity index (χ0n) is 3.37. The number of hydrogen-bond acceptors (Lipinski definition) is 4. The van der Waals surface area contributed by atoms with Crippen LogP contribution in [0.3, 0.4) is 0 Å². The molecule has 0 aromatic carbocycles. The van der Waals surface area contributed by atoms with Crippen LogP contribution < -0.4 is 5.56 Å². The molecule has 4 heteroatoms. The minimum Gasteiger partial charge on any atom is -0.347 e. The van der Waals surface area contributed by atoms with Crippen molar-refractivity contribution in [3.05, 3.63) is 22.7 Å². The van der Waals surface area contributed by atoms with Crippen LogP contribution in [0.5, 0.6) is 0 Å². The molecule has 0 unspecified atom stereocenters. The van der Waals surface area contributed by atoms with E-state index in [1.165, 1.54) is 12.3 Å². The summed E-state index contributed by atoms with van der Waals surface area (Å²) in [6.45, 7) is 0. The Morgan fingerprint density at radius 1 is 1.71 bits per heavy atom. The fraction of sp³-hybridized carbons (Fsp3) is 0. The van der Waals surface area contributed by atoms with Gasteiger partial charge in [0.2, 0.25) is 0 Å². The summed E-state index contributed by atoms with van der Waals surface area (Å²) < 4.78 is 4.20. The first-order valence-electron chi connectivity index (χ1n) is 1.67. The molecule has 1 heterocycles. The van der Waals surface area contributed by atoms with Crippen molar-refractivity contribution in [2.75, 3.05) is 0 Å². The highest BCUT2D eigenvalue weighted by atomic mass is 16.5. The second-order valence-electron chi connectivity index (χ2n) is 0.928. The maximum atomic E-state index is 10.0. The summed E-state index contributed by atoms with van der Waals surface area (Å²) in [5, 5.41) is 5.95. The highest BCUT2D eigenvalue weighted by Crippen LogP contribution is 1.60. The predicted molar refractivity (Wildman–Crippen MR) is 20.6 cm³/mol. The van der Waals surface area contributed by atoms with Crippen molar-refractivity contribution in [2.24, 2.45) is 0 Å². The Kier molecular flexibility index (Phi) is 0.856. The molecule has 4 nitrogen and oxygen atoms in total. The van der Waals surface area contributed by atoms with Crippen LogP contribution in [0.4, 0.5) is 0 Å². The first-order chi connectivity index (χ1) is 3.39. The topological polar surface area (TPSA) is 56.0 Å². The number of aromatic nitrogens is 2. The van der Waals surface area contributed by atoms with E-state index in [0.717, 1.165) is 0 Å². The zero-order valence-corrected chi connectivity index (χ0v) is 3.37. The summed E-state index contributed by atoms with van der Waals surface area (Å²) >= 11 is 0. The van der Waals surface area contributed by atoms with E-state index in [1.54, 1.807) is 0 Å². The second-order valence-corrected chi connectivity index (χ2v) is 0.928. The first kappa shape index (κ1) is 3.98. The molecule has 0 aliphatic carbocycles. The molecule has 0 fully saturated rings. The molecule has 0 radical (unpaired) electrons. The molecular formula is C3H2N2O2. The van der Waals surface area contributed by atoms with Gasteiger partial charge < -0.3 is 4.52 Å². The van der Waals surface area contributed by atoms with Crippen LogP contribution in [-0.2, 0) is 0 Å². The van der Waals surface area contributed by atoms with Gasteiger partial charge in [-0.2, -0.15) is 0 Å². The monoisotopic (exact) mass is 98.0 g/mol. The fourth-order valence-electron chi connectivity index (χ4n) is 0.213. The molecule has 0 bridgehead atoms. The minimum absolute atomic E-state index is 0.383. The van der Waals surface area contributed by atoms with E-state index < -0.39 is 0 Å². The van der Waals surface area contributed by atoms with Gasteiger partial charge in [-0.1, -0.05) is 5.10 Å². The van der Waals surface area contributed by atoms with Gasteiger partial charge in [-0.25, -0.2) is 0 Å². The average molecular weight is 98.1 g/mol. The van der Waals surface area contributed by atoms with Gasteiger partial charge in [0.25, 0.3) is 5.56 Å². The summed E-state index contributed by atoms with van der Waals surface area (Å²) in [5.74, 6) is 0. The summed E-state index contributed by atoms with van der Waals surface area (Å²) in [6.07, 6.45) is 1.18. The number of nitrogens with zero attached hydrogens (tertiary/aromatic N) is 2. The summed E-state index contributed by atoms with van der Waals surface area (Å²) in [7, 11) is 0. The highest BCUT2D eigenvalue weighted by molar-refractivity contribution is 4.69. The van der Waals surface area contributed by atoms with Crippen molar-refractivity contribution in [2.45, 2.75) is 0 Å². The average Bonchev–Trinajstić information content (AvgIpc) is 1.69. The molecule has 1 aromatic heterocycles. The molecule has 1 rings (SSSR count). The lowest BCUT2D eigenvalue weighted by atomic mass is 10.7. The molecule has 0 saturated carbocycles. The Bertz CT molecular complexity index is 177. The molecular weight excluding hydrogens is 96.0 g/mol. The van der Waals surface area contributed by atoms with E-state index in [1.807, 2.05) is 0 Å². The van der Waals surface area contributed by atoms with Crippen molar-refractivity contribution < 1.29 is 4.52 Å². The number of rotatable bonds is 0. The van der Waals surface area contributed by atoms with Crippen LogP contribution >= 0.6 is 0 Å². The lowest BCUT2D eigenvalue weighted by molar-refractivity contribution is 0.355. The van der Waals surface area contributed by atoms with Crippen LogP contribution in [0, 0.1) is 0 Å². The number of hydrogen-bond donors (Lipinski definition) is 0. The lowest BCUT2D eigenvalue weighted by Crippen LogP contribution is -2.02. The van der Waals surface area contributed by atoms with Gasteiger partial charge in [0, 0.05) is 11.3 Å². The summed E-state index contributed by atoms with van der Waals surface area (Å²) in [5.41, 5.74) is -0.383. The fourth-order valence-corrected chi connectivity index (χ4v) is 0.213. The van der Waals surface area contributed by atoms with Crippen LogP contribution in [0.25, 0.3) is 0 Å². The second kappa shape index (κ2) is 1.51. The van der Waals surface area contributed by atoms with E-state index in [9.17, 15) is 4.79 Å². The third kappa shape index (κ3) is 0.819. The molecule has 0 saturated heterocycles. The SMILES string of the molecule is O=c1cconn1. The van der Waals surface area contributed by atoms with E-state index in [-0.39, 0.29) is 5.56 Å². The summed E-state index contributed by atoms with van der Waals surface area (Å²) in [4.78, 5) is 10.0. The summed E-state index contributed by atoms with van der Waals surface area (Å²) in [6, 6.07) is 1.19. The van der Waals surface area contributed by atoms with Crippen LogP contribution in [-0.4, -0.2) is 10.4 Å². The predicted octanol–water partition coefficient (Wildman–Crippen LogP) is -0.570. The van der Waals surface area contributed by atoms with Crippen molar-refractivity contribution in [1.29, 1.82) is 0 Å². The third-order valence-corrected chi connectivity index (χ3v) is 0.458. The Hall–Kier alpha value is -1.19. The van der Waals surface area contributed by atoms with Gasteiger partial charge in [-0.05, 0) is 0 Å². The van der Waals surface area contributed by atoms with Crippen molar-refractivity contribution in [1.82, 2.24) is 10.4 Å². The molecule has 0 atom stereocenters. The molecule has 1 aromatic rings. The zero-order chi connectivity index (χ0) is 5.11. The van der Waals surface area contributed by atoms with E-state index in [0.29, 0.717) is 0 Å². The quantitative estimate of drug-likeness (QED) is 0.436. The van der Waals surface area contributed by atoms with Crippen LogP contribution in [0.15, 0.2) is 21.6 Å². The normalized spacial score (nSPS) is 8.57. The molecule has 7 heavy (non-hydrogen) atoms. The maximum absolute atomic E-state index is 10.0. The molecule has 0 aliphatic heterocycles. The smallest absolute Gasteiger partial charge is 0.294 e. The highest BCUT2D eigenvalue weighted by Gasteiger charge is 1.75. The largest absolute Gasteiger partial charge is 0.347 e. The van der Waals surface area contributed by atoms with E-state index in [2.05, 4.69) is 14.9 Å². The molecule has 0 N–H and O–H groups in total. The maximum Gasteiger partial charge on any atom is 0.294 e. The molecule has 36 valence electrons. The van der Waals surface area contributed by atoms with Crippen LogP contribution in [0.1, 0.15) is 0 Å². The van der Waals surface area contributed by atoms with Gasteiger partial charge in [0.15, 0.2) is 0 Å². The van der Waals surface area contributed by atoms with E-state index in [4.69, 9.17) is 0 Å². The molecule has 0 aliphatic rings. The van der Waals surface area contributed by atoms with Crippen molar-refractivity contribution in [3.63, 3.8) is 0 Å². The van der Waals surface area contributed by atoms with Gasteiger partial charge in [0.1, 0.15) is 6.26 Å². The van der Waals surface area contributed by atoms with Crippen molar-refractivity contribution >= 4 is 0 Å². The Balaban J connectivity index is 3.28. The van der Waals surface area contributed by atoms with Gasteiger partial charge in [-0.15, -0.1) is 0 Å².